The van der Waals surface area contributed by atoms with E-state index >= 15 is 0 Å². The lowest BCUT2D eigenvalue weighted by atomic mass is 9.80. The van der Waals surface area contributed by atoms with Gasteiger partial charge in [-0.2, -0.15) is 0 Å². The Labute approximate surface area is 124 Å². The molecule has 0 saturated heterocycles. The van der Waals surface area contributed by atoms with Crippen LogP contribution in [0.25, 0.3) is 11.6 Å². The van der Waals surface area contributed by atoms with Crippen molar-refractivity contribution in [1.82, 2.24) is 0 Å². The van der Waals surface area contributed by atoms with Gasteiger partial charge in [0.15, 0.2) is 0 Å². The first kappa shape index (κ1) is 15.1. The Morgan fingerprint density at radius 1 is 1.15 bits per heavy atom. The van der Waals surface area contributed by atoms with Gasteiger partial charge in [0.05, 0.1) is 0 Å². The molecule has 0 bridgehead atoms. The zero-order valence-corrected chi connectivity index (χ0v) is 13.9. The van der Waals surface area contributed by atoms with Crippen LogP contribution < -0.4 is 0 Å². The summed E-state index contributed by atoms with van der Waals surface area (Å²) in [5.74, 6) is 1.40. The van der Waals surface area contributed by atoms with Crippen molar-refractivity contribution in [3.05, 3.63) is 46.0 Å². The summed E-state index contributed by atoms with van der Waals surface area (Å²) in [5, 5.41) is 0. The summed E-state index contributed by atoms with van der Waals surface area (Å²) in [4.78, 5) is 0. The van der Waals surface area contributed by atoms with Gasteiger partial charge in [0.1, 0.15) is 0 Å². The lowest BCUT2D eigenvalue weighted by molar-refractivity contribution is 0.437. The van der Waals surface area contributed by atoms with Crippen LogP contribution >= 0.6 is 0 Å². The van der Waals surface area contributed by atoms with Crippen molar-refractivity contribution in [2.45, 2.75) is 60.3 Å². The van der Waals surface area contributed by atoms with Crippen molar-refractivity contribution in [2.75, 3.05) is 0 Å². The normalized spacial score (nSPS) is 17.6. The molecule has 1 aromatic rings. The first-order chi connectivity index (χ1) is 9.49. The standard InChI is InChI=1S/C20H28/c1-7-17(8-2)20-15(6)14(5)18-10-9-16(11-13(3)4)12-19(18)20/h9-12,17,20H,7-8H2,1-6H3. The Kier molecular flexibility index (Phi) is 4.52. The van der Waals surface area contributed by atoms with Gasteiger partial charge in [-0.1, -0.05) is 62.1 Å². The summed E-state index contributed by atoms with van der Waals surface area (Å²) in [7, 11) is 0. The lowest BCUT2D eigenvalue weighted by Crippen LogP contribution is -2.11. The molecule has 108 valence electrons. The molecule has 0 spiro atoms. The largest absolute Gasteiger partial charge is 0.0758 e. The third-order valence-electron chi connectivity index (χ3n) is 4.85. The highest BCUT2D eigenvalue weighted by atomic mass is 14.3. The summed E-state index contributed by atoms with van der Waals surface area (Å²) in [6.45, 7) is 13.6. The first-order valence-corrected chi connectivity index (χ1v) is 7.96. The molecular formula is C20H28. The number of allylic oxidation sites excluding steroid dienone is 3. The molecule has 0 N–H and O–H groups in total. The molecular weight excluding hydrogens is 240 g/mol. The number of hydrogen-bond donors (Lipinski definition) is 0. The molecule has 0 nitrogen and oxygen atoms in total. The SMILES string of the molecule is CCC(CC)C1C(C)=C(C)c2ccc(C=C(C)C)cc21. The maximum Gasteiger partial charge on any atom is 0.00856 e. The Bertz CT molecular complexity index is 549. The summed E-state index contributed by atoms with van der Waals surface area (Å²) >= 11 is 0. The molecule has 0 radical (unpaired) electrons. The minimum Gasteiger partial charge on any atom is -0.0758 e. The molecule has 1 unspecified atom stereocenters. The molecule has 1 atom stereocenters. The second kappa shape index (κ2) is 5.99. The highest BCUT2D eigenvalue weighted by Crippen LogP contribution is 2.47. The van der Waals surface area contributed by atoms with Gasteiger partial charge >= 0.3 is 0 Å². The van der Waals surface area contributed by atoms with Crippen LogP contribution in [0.15, 0.2) is 29.3 Å². The zero-order valence-electron chi connectivity index (χ0n) is 13.9. The van der Waals surface area contributed by atoms with Crippen molar-refractivity contribution in [3.8, 4) is 0 Å². The van der Waals surface area contributed by atoms with Gasteiger partial charge < -0.3 is 0 Å². The fraction of sp³-hybridized carbons (Fsp3) is 0.500. The molecule has 0 amide bonds. The van der Waals surface area contributed by atoms with Gasteiger partial charge in [0, 0.05) is 5.92 Å². The minimum absolute atomic E-state index is 0.630. The molecule has 0 fully saturated rings. The zero-order chi connectivity index (χ0) is 14.9. The van der Waals surface area contributed by atoms with Gasteiger partial charge in [-0.3, -0.25) is 0 Å². The summed E-state index contributed by atoms with van der Waals surface area (Å²) in [6, 6.07) is 7.01. The number of hydrogen-bond acceptors (Lipinski definition) is 0. The summed E-state index contributed by atoms with van der Waals surface area (Å²) in [6.07, 6.45) is 4.81. The molecule has 1 aliphatic carbocycles. The van der Waals surface area contributed by atoms with Crippen molar-refractivity contribution < 1.29 is 0 Å². The monoisotopic (exact) mass is 268 g/mol. The fourth-order valence-electron chi connectivity index (χ4n) is 3.65. The van der Waals surface area contributed by atoms with Crippen molar-refractivity contribution in [1.29, 1.82) is 0 Å². The van der Waals surface area contributed by atoms with E-state index in [9.17, 15) is 0 Å². The van der Waals surface area contributed by atoms with E-state index in [4.69, 9.17) is 0 Å². The average Bonchev–Trinajstić information content (AvgIpc) is 2.64. The Hall–Kier alpha value is -1.30. The van der Waals surface area contributed by atoms with Crippen LogP contribution in [0.5, 0.6) is 0 Å². The number of fused-ring (bicyclic) bond motifs is 1. The molecule has 0 aliphatic heterocycles. The van der Waals surface area contributed by atoms with E-state index in [0.29, 0.717) is 5.92 Å². The molecule has 0 heterocycles. The Morgan fingerprint density at radius 2 is 1.80 bits per heavy atom. The quantitative estimate of drug-likeness (QED) is 0.589. The third-order valence-corrected chi connectivity index (χ3v) is 4.85. The van der Waals surface area contributed by atoms with Crippen LogP contribution in [0, 0.1) is 5.92 Å². The van der Waals surface area contributed by atoms with E-state index in [1.165, 1.54) is 35.1 Å². The van der Waals surface area contributed by atoms with E-state index in [-0.39, 0.29) is 0 Å². The predicted molar refractivity (Wildman–Crippen MR) is 90.8 cm³/mol. The maximum absolute atomic E-state index is 2.42. The van der Waals surface area contributed by atoms with Crippen LogP contribution in [-0.4, -0.2) is 0 Å². The van der Waals surface area contributed by atoms with E-state index in [1.807, 2.05) is 0 Å². The molecule has 20 heavy (non-hydrogen) atoms. The average molecular weight is 268 g/mol. The van der Waals surface area contributed by atoms with Crippen LogP contribution in [-0.2, 0) is 0 Å². The minimum atomic E-state index is 0.630. The second-order valence-electron chi connectivity index (χ2n) is 6.43. The number of benzene rings is 1. The van der Waals surface area contributed by atoms with Gasteiger partial charge in [-0.15, -0.1) is 0 Å². The van der Waals surface area contributed by atoms with Crippen LogP contribution in [0.2, 0.25) is 0 Å². The highest BCUT2D eigenvalue weighted by molar-refractivity contribution is 5.78. The van der Waals surface area contributed by atoms with Gasteiger partial charge in [-0.05, 0) is 55.9 Å². The summed E-state index contributed by atoms with van der Waals surface area (Å²) < 4.78 is 0. The molecule has 0 aromatic heterocycles. The molecule has 1 aromatic carbocycles. The van der Waals surface area contributed by atoms with Gasteiger partial charge in [-0.25, -0.2) is 0 Å². The van der Waals surface area contributed by atoms with E-state index < -0.39 is 0 Å². The van der Waals surface area contributed by atoms with Gasteiger partial charge in [0.25, 0.3) is 0 Å². The predicted octanol–water partition coefficient (Wildman–Crippen LogP) is 6.44. The molecule has 1 aliphatic rings. The van der Waals surface area contributed by atoms with Crippen LogP contribution in [0.1, 0.15) is 77.0 Å². The first-order valence-electron chi connectivity index (χ1n) is 7.96. The fourth-order valence-corrected chi connectivity index (χ4v) is 3.65. The lowest BCUT2D eigenvalue weighted by Gasteiger charge is -2.24. The van der Waals surface area contributed by atoms with Crippen LogP contribution in [0.3, 0.4) is 0 Å². The smallest absolute Gasteiger partial charge is 0.00856 e. The highest BCUT2D eigenvalue weighted by Gasteiger charge is 2.31. The molecule has 0 heteroatoms. The van der Waals surface area contributed by atoms with E-state index in [1.54, 1.807) is 11.1 Å². The van der Waals surface area contributed by atoms with Gasteiger partial charge in [0.2, 0.25) is 0 Å². The Morgan fingerprint density at radius 3 is 2.35 bits per heavy atom. The van der Waals surface area contributed by atoms with E-state index in [0.717, 1.165) is 5.92 Å². The van der Waals surface area contributed by atoms with Crippen molar-refractivity contribution in [2.24, 2.45) is 5.92 Å². The van der Waals surface area contributed by atoms with Crippen molar-refractivity contribution in [3.63, 3.8) is 0 Å². The summed E-state index contributed by atoms with van der Waals surface area (Å²) in [5.41, 5.74) is 8.84. The Balaban J connectivity index is 2.52. The van der Waals surface area contributed by atoms with Crippen molar-refractivity contribution >= 4 is 11.6 Å². The third kappa shape index (κ3) is 2.61. The van der Waals surface area contributed by atoms with E-state index in [2.05, 4.69) is 65.8 Å². The second-order valence-corrected chi connectivity index (χ2v) is 6.43. The molecule has 0 saturated carbocycles. The maximum atomic E-state index is 2.42. The topological polar surface area (TPSA) is 0 Å². The number of rotatable bonds is 4. The van der Waals surface area contributed by atoms with Crippen LogP contribution in [0.4, 0.5) is 0 Å². The molecule has 2 rings (SSSR count).